The van der Waals surface area contributed by atoms with E-state index in [9.17, 15) is 9.59 Å². The molecule has 4 N–H and O–H groups in total. The van der Waals surface area contributed by atoms with Crippen molar-refractivity contribution in [2.75, 3.05) is 5.32 Å². The lowest BCUT2D eigenvalue weighted by Crippen LogP contribution is -2.35. The summed E-state index contributed by atoms with van der Waals surface area (Å²) in [7, 11) is 0. The van der Waals surface area contributed by atoms with Crippen LogP contribution >= 0.6 is 0 Å². The van der Waals surface area contributed by atoms with Crippen molar-refractivity contribution in [1.82, 2.24) is 15.3 Å². The van der Waals surface area contributed by atoms with Gasteiger partial charge in [-0.05, 0) is 61.7 Å². The largest absolute Gasteiger partial charge is 0.366 e. The van der Waals surface area contributed by atoms with Gasteiger partial charge in [-0.3, -0.25) is 9.59 Å². The smallest absolute Gasteiger partial charge is 0.251 e. The Hall–Kier alpha value is -3.74. The fourth-order valence-corrected chi connectivity index (χ4v) is 4.45. The van der Waals surface area contributed by atoms with Crippen molar-refractivity contribution in [3.05, 3.63) is 71.4 Å². The summed E-state index contributed by atoms with van der Waals surface area (Å²) in [4.78, 5) is 33.3. The molecule has 2 amide bonds. The molecule has 34 heavy (non-hydrogen) atoms. The quantitative estimate of drug-likeness (QED) is 0.475. The Morgan fingerprint density at radius 2 is 1.65 bits per heavy atom. The molecule has 7 heteroatoms. The average molecular weight is 458 g/mol. The van der Waals surface area contributed by atoms with Crippen LogP contribution in [0.4, 0.5) is 11.6 Å². The average Bonchev–Trinajstić information content (AvgIpc) is 2.81. The van der Waals surface area contributed by atoms with Crippen LogP contribution in [0.2, 0.25) is 0 Å². The third kappa shape index (κ3) is 5.78. The number of aromatic nitrogens is 2. The molecule has 1 aliphatic rings. The molecule has 1 aromatic heterocycles. The van der Waals surface area contributed by atoms with E-state index < -0.39 is 5.91 Å². The first kappa shape index (κ1) is 23.4. The molecule has 0 unspecified atom stereocenters. The van der Waals surface area contributed by atoms with Crippen molar-refractivity contribution in [2.24, 2.45) is 5.73 Å². The second-order valence-corrected chi connectivity index (χ2v) is 8.83. The number of rotatable bonds is 6. The van der Waals surface area contributed by atoms with Gasteiger partial charge in [0.1, 0.15) is 0 Å². The Morgan fingerprint density at radius 1 is 0.941 bits per heavy atom. The van der Waals surface area contributed by atoms with Crippen molar-refractivity contribution < 1.29 is 9.59 Å². The van der Waals surface area contributed by atoms with Gasteiger partial charge in [0.15, 0.2) is 0 Å². The van der Waals surface area contributed by atoms with Gasteiger partial charge < -0.3 is 16.4 Å². The number of hydrogen-bond acceptors (Lipinski definition) is 5. The number of anilines is 2. The molecule has 1 fully saturated rings. The second kappa shape index (κ2) is 10.9. The normalized spacial score (nSPS) is 14.6. The zero-order chi connectivity index (χ0) is 23.9. The fraction of sp³-hybridized carbons (Fsp3) is 0.333. The number of hydrogen-bond donors (Lipinski definition) is 3. The summed E-state index contributed by atoms with van der Waals surface area (Å²) in [6, 6.07) is 14.8. The molecule has 0 saturated heterocycles. The van der Waals surface area contributed by atoms with Gasteiger partial charge >= 0.3 is 0 Å². The monoisotopic (exact) mass is 457 g/mol. The van der Waals surface area contributed by atoms with Gasteiger partial charge in [0.2, 0.25) is 11.9 Å². The predicted molar refractivity (Wildman–Crippen MR) is 134 cm³/mol. The minimum atomic E-state index is -0.467. The zero-order valence-electron chi connectivity index (χ0n) is 19.5. The molecule has 1 saturated carbocycles. The summed E-state index contributed by atoms with van der Waals surface area (Å²) in [5, 5.41) is 6.39. The molecule has 0 bridgehead atoms. The number of nitrogens with zero attached hydrogens (tertiary/aromatic N) is 2. The molecule has 0 atom stereocenters. The number of nitrogens with two attached hydrogens (primary N) is 1. The lowest BCUT2D eigenvalue weighted by molar-refractivity contribution is 0.0929. The summed E-state index contributed by atoms with van der Waals surface area (Å²) in [6.45, 7) is 1.85. The van der Waals surface area contributed by atoms with E-state index in [1.807, 2.05) is 37.3 Å². The number of benzene rings is 2. The van der Waals surface area contributed by atoms with E-state index in [0.717, 1.165) is 29.7 Å². The van der Waals surface area contributed by atoms with Crippen molar-refractivity contribution in [3.63, 3.8) is 0 Å². The Balaban J connectivity index is 1.43. The first-order valence-electron chi connectivity index (χ1n) is 11.9. The van der Waals surface area contributed by atoms with Gasteiger partial charge in [-0.25, -0.2) is 9.97 Å². The van der Waals surface area contributed by atoms with Crippen LogP contribution in [0.1, 0.15) is 71.2 Å². The molecule has 0 aliphatic heterocycles. The third-order valence-corrected chi connectivity index (χ3v) is 6.37. The van der Waals surface area contributed by atoms with Crippen LogP contribution in [0.25, 0.3) is 11.3 Å². The summed E-state index contributed by atoms with van der Waals surface area (Å²) < 4.78 is 0. The van der Waals surface area contributed by atoms with Crippen LogP contribution in [0, 0.1) is 6.92 Å². The number of amides is 2. The Kier molecular flexibility index (Phi) is 7.52. The maximum Gasteiger partial charge on any atom is 0.251 e. The fourth-order valence-electron chi connectivity index (χ4n) is 4.45. The highest BCUT2D eigenvalue weighted by atomic mass is 16.2. The number of carbonyl (C=O) groups is 2. The number of nitrogens with one attached hydrogen (secondary N) is 2. The van der Waals surface area contributed by atoms with Gasteiger partial charge in [0, 0.05) is 34.6 Å². The van der Waals surface area contributed by atoms with Crippen LogP contribution in [0.15, 0.2) is 54.7 Å². The molecule has 4 rings (SSSR count). The highest BCUT2D eigenvalue weighted by Crippen LogP contribution is 2.25. The first-order chi connectivity index (χ1) is 16.5. The van der Waals surface area contributed by atoms with E-state index in [4.69, 9.17) is 5.73 Å². The van der Waals surface area contributed by atoms with Crippen molar-refractivity contribution in [1.29, 1.82) is 0 Å². The van der Waals surface area contributed by atoms with Gasteiger partial charge in [-0.1, -0.05) is 44.2 Å². The molecule has 176 valence electrons. The lowest BCUT2D eigenvalue weighted by Gasteiger charge is -2.21. The Labute approximate surface area is 200 Å². The number of carbonyl (C=O) groups excluding carboxylic acids is 2. The van der Waals surface area contributed by atoms with Crippen molar-refractivity contribution in [3.8, 4) is 11.3 Å². The molecular weight excluding hydrogens is 426 g/mol. The topological polar surface area (TPSA) is 110 Å². The molecule has 0 spiro atoms. The van der Waals surface area contributed by atoms with Gasteiger partial charge in [0.25, 0.3) is 5.91 Å². The van der Waals surface area contributed by atoms with Crippen LogP contribution in [-0.2, 0) is 0 Å². The SMILES string of the molecule is Cc1c(C(N)=O)cccc1-c1ccnc(Nc2ccc(C(=O)NC3CCCCCCC3)cc2)n1. The molecule has 0 radical (unpaired) electrons. The van der Waals surface area contributed by atoms with Gasteiger partial charge in [-0.15, -0.1) is 0 Å². The van der Waals surface area contributed by atoms with Gasteiger partial charge in [-0.2, -0.15) is 0 Å². The van der Waals surface area contributed by atoms with E-state index in [1.54, 1.807) is 24.4 Å². The lowest BCUT2D eigenvalue weighted by atomic mass is 9.96. The predicted octanol–water partition coefficient (Wildman–Crippen LogP) is 5.14. The standard InChI is InChI=1S/C27H31N5O2/c1-18-22(10-7-11-23(18)25(28)33)24-16-17-29-27(32-24)31-21-14-12-19(13-15-21)26(34)30-20-8-5-3-2-4-6-9-20/h7,10-17,20H,2-6,8-9H2,1H3,(H2,28,33)(H,30,34)(H,29,31,32). The van der Waals surface area contributed by atoms with E-state index >= 15 is 0 Å². The molecule has 2 aromatic carbocycles. The van der Waals surface area contributed by atoms with Crippen molar-refractivity contribution in [2.45, 2.75) is 57.9 Å². The zero-order valence-corrected chi connectivity index (χ0v) is 19.5. The van der Waals surface area contributed by atoms with Crippen molar-refractivity contribution >= 4 is 23.5 Å². The van der Waals surface area contributed by atoms with Crippen LogP contribution in [-0.4, -0.2) is 27.8 Å². The van der Waals surface area contributed by atoms with E-state index in [2.05, 4.69) is 20.6 Å². The molecular formula is C27H31N5O2. The maximum atomic E-state index is 12.7. The minimum absolute atomic E-state index is 0.0276. The Bertz CT molecular complexity index is 1150. The third-order valence-electron chi connectivity index (χ3n) is 6.37. The minimum Gasteiger partial charge on any atom is -0.366 e. The second-order valence-electron chi connectivity index (χ2n) is 8.83. The van der Waals surface area contributed by atoms with E-state index in [-0.39, 0.29) is 11.9 Å². The number of primary amides is 1. The summed E-state index contributed by atoms with van der Waals surface area (Å²) >= 11 is 0. The van der Waals surface area contributed by atoms with Crippen LogP contribution in [0.3, 0.4) is 0 Å². The Morgan fingerprint density at radius 3 is 2.35 bits per heavy atom. The van der Waals surface area contributed by atoms with Crippen LogP contribution in [0.5, 0.6) is 0 Å². The molecule has 1 heterocycles. The first-order valence-corrected chi connectivity index (χ1v) is 11.9. The molecule has 1 aliphatic carbocycles. The summed E-state index contributed by atoms with van der Waals surface area (Å²) in [5.41, 5.74) is 9.66. The summed E-state index contributed by atoms with van der Waals surface area (Å²) in [6.07, 6.45) is 9.96. The summed E-state index contributed by atoms with van der Waals surface area (Å²) in [5.74, 6) is -0.0706. The van der Waals surface area contributed by atoms with E-state index in [1.165, 1.54) is 32.1 Å². The highest BCUT2D eigenvalue weighted by molar-refractivity contribution is 5.96. The van der Waals surface area contributed by atoms with E-state index in [0.29, 0.717) is 22.8 Å². The van der Waals surface area contributed by atoms with Gasteiger partial charge in [0.05, 0.1) is 5.69 Å². The van der Waals surface area contributed by atoms with Crippen LogP contribution < -0.4 is 16.4 Å². The highest BCUT2D eigenvalue weighted by Gasteiger charge is 2.15. The maximum absolute atomic E-state index is 12.7. The molecule has 7 nitrogen and oxygen atoms in total. The molecule has 3 aromatic rings.